The Hall–Kier alpha value is -3.10. The van der Waals surface area contributed by atoms with E-state index in [-0.39, 0.29) is 41.8 Å². The SMILES string of the molecule is C[C@]1(C(=O)NC2CCCC2)Cn2cnc(C(=O)NCCc3ccco3)c2C(=O)N1C1CC1. The molecule has 0 radical (unpaired) electrons. The fraction of sp³-hybridized carbons (Fsp3) is 0.565. The summed E-state index contributed by atoms with van der Waals surface area (Å²) in [5, 5.41) is 5.99. The van der Waals surface area contributed by atoms with Gasteiger partial charge in [0.1, 0.15) is 17.0 Å². The Morgan fingerprint density at radius 3 is 2.72 bits per heavy atom. The number of imidazole rings is 1. The van der Waals surface area contributed by atoms with Crippen LogP contribution in [0.5, 0.6) is 0 Å². The maximum atomic E-state index is 13.6. The Kier molecular flexibility index (Phi) is 5.27. The molecule has 0 aromatic carbocycles. The van der Waals surface area contributed by atoms with Crippen LogP contribution in [0.1, 0.15) is 72.2 Å². The minimum absolute atomic E-state index is 0.0281. The third-order valence-corrected chi connectivity index (χ3v) is 6.81. The molecule has 3 heterocycles. The van der Waals surface area contributed by atoms with Crippen LogP contribution in [0.4, 0.5) is 0 Å². The van der Waals surface area contributed by atoms with Crippen LogP contribution in [0.2, 0.25) is 0 Å². The summed E-state index contributed by atoms with van der Waals surface area (Å²) in [5.74, 6) is -0.0319. The number of hydrogen-bond donors (Lipinski definition) is 2. The topological polar surface area (TPSA) is 109 Å². The van der Waals surface area contributed by atoms with Crippen LogP contribution in [-0.4, -0.2) is 56.3 Å². The summed E-state index contributed by atoms with van der Waals surface area (Å²) in [6.45, 7) is 2.50. The third-order valence-electron chi connectivity index (χ3n) is 6.81. The molecule has 2 aliphatic carbocycles. The first-order valence-electron chi connectivity index (χ1n) is 11.5. The standard InChI is InChI=1S/C23H29N5O4/c1-23(22(31)26-15-5-2-3-6-15)13-27-14-25-18(19(27)21(30)28(23)16-8-9-16)20(29)24-11-10-17-7-4-12-32-17/h4,7,12,14-16H,2-3,5-6,8-11,13H2,1H3,(H,24,29)(H,26,31)/t23-/m1/s1. The lowest BCUT2D eigenvalue weighted by atomic mass is 9.93. The highest BCUT2D eigenvalue weighted by atomic mass is 16.3. The number of hydrogen-bond acceptors (Lipinski definition) is 5. The maximum absolute atomic E-state index is 13.6. The van der Waals surface area contributed by atoms with Crippen molar-refractivity contribution >= 4 is 17.7 Å². The summed E-state index contributed by atoms with van der Waals surface area (Å²) in [6, 6.07) is 3.85. The number of amides is 3. The zero-order valence-corrected chi connectivity index (χ0v) is 18.3. The summed E-state index contributed by atoms with van der Waals surface area (Å²) in [4.78, 5) is 45.7. The fourth-order valence-corrected chi connectivity index (χ4v) is 4.97. The molecule has 2 aromatic rings. The van der Waals surface area contributed by atoms with E-state index in [0.717, 1.165) is 44.3 Å². The number of carbonyl (C=O) groups excluding carboxylic acids is 3. The molecule has 2 saturated carbocycles. The van der Waals surface area contributed by atoms with Crippen molar-refractivity contribution in [2.45, 2.75) is 76.0 Å². The van der Waals surface area contributed by atoms with Crippen molar-refractivity contribution in [1.29, 1.82) is 0 Å². The molecule has 2 aromatic heterocycles. The fourth-order valence-electron chi connectivity index (χ4n) is 4.97. The number of nitrogens with zero attached hydrogens (tertiary/aromatic N) is 3. The molecule has 0 bridgehead atoms. The number of nitrogens with one attached hydrogen (secondary N) is 2. The Bertz CT molecular complexity index is 1020. The van der Waals surface area contributed by atoms with Gasteiger partial charge < -0.3 is 24.5 Å². The zero-order chi connectivity index (χ0) is 22.3. The monoisotopic (exact) mass is 439 g/mol. The summed E-state index contributed by atoms with van der Waals surface area (Å²) < 4.78 is 6.95. The number of fused-ring (bicyclic) bond motifs is 1. The molecule has 32 heavy (non-hydrogen) atoms. The van der Waals surface area contributed by atoms with Gasteiger partial charge in [-0.1, -0.05) is 12.8 Å². The molecular weight excluding hydrogens is 410 g/mol. The van der Waals surface area contributed by atoms with Crippen LogP contribution in [0.15, 0.2) is 29.1 Å². The zero-order valence-electron chi connectivity index (χ0n) is 18.3. The molecule has 3 amide bonds. The van der Waals surface area contributed by atoms with Crippen LogP contribution in [0.25, 0.3) is 0 Å². The summed E-state index contributed by atoms with van der Waals surface area (Å²) in [7, 11) is 0. The quantitative estimate of drug-likeness (QED) is 0.685. The lowest BCUT2D eigenvalue weighted by Gasteiger charge is -2.44. The van der Waals surface area contributed by atoms with Gasteiger partial charge in [0.25, 0.3) is 11.8 Å². The van der Waals surface area contributed by atoms with E-state index in [2.05, 4.69) is 15.6 Å². The predicted molar refractivity (Wildman–Crippen MR) is 115 cm³/mol. The molecule has 9 nitrogen and oxygen atoms in total. The van der Waals surface area contributed by atoms with Crippen LogP contribution in [0, 0.1) is 0 Å². The van der Waals surface area contributed by atoms with Crippen LogP contribution >= 0.6 is 0 Å². The third kappa shape index (κ3) is 3.69. The minimum atomic E-state index is -0.998. The molecule has 0 saturated heterocycles. The van der Waals surface area contributed by atoms with Crippen LogP contribution in [-0.2, 0) is 17.8 Å². The second-order valence-corrected chi connectivity index (χ2v) is 9.29. The Morgan fingerprint density at radius 1 is 1.25 bits per heavy atom. The molecule has 170 valence electrons. The molecule has 0 unspecified atom stereocenters. The molecule has 1 atom stereocenters. The predicted octanol–water partition coefficient (Wildman–Crippen LogP) is 1.88. The van der Waals surface area contributed by atoms with Gasteiger partial charge in [-0.2, -0.15) is 0 Å². The summed E-state index contributed by atoms with van der Waals surface area (Å²) >= 11 is 0. The highest BCUT2D eigenvalue weighted by molar-refractivity contribution is 6.07. The Balaban J connectivity index is 1.35. The molecule has 2 N–H and O–H groups in total. The van der Waals surface area contributed by atoms with Gasteiger partial charge in [0.15, 0.2) is 5.69 Å². The summed E-state index contributed by atoms with van der Waals surface area (Å²) in [6.07, 6.45) is 9.60. The Morgan fingerprint density at radius 2 is 2.03 bits per heavy atom. The smallest absolute Gasteiger partial charge is 0.274 e. The van der Waals surface area contributed by atoms with Crippen molar-refractivity contribution in [3.63, 3.8) is 0 Å². The minimum Gasteiger partial charge on any atom is -0.469 e. The first-order chi connectivity index (χ1) is 15.5. The van der Waals surface area contributed by atoms with E-state index in [9.17, 15) is 14.4 Å². The molecular formula is C23H29N5O4. The maximum Gasteiger partial charge on any atom is 0.274 e. The van der Waals surface area contributed by atoms with E-state index in [1.165, 1.54) is 6.33 Å². The van der Waals surface area contributed by atoms with Gasteiger partial charge in [0.2, 0.25) is 5.91 Å². The van der Waals surface area contributed by atoms with Crippen molar-refractivity contribution in [3.8, 4) is 0 Å². The van der Waals surface area contributed by atoms with E-state index >= 15 is 0 Å². The number of rotatable bonds is 7. The summed E-state index contributed by atoms with van der Waals surface area (Å²) in [5.41, 5.74) is -0.626. The number of aromatic nitrogens is 2. The molecule has 3 aliphatic rings. The number of carbonyl (C=O) groups is 3. The molecule has 9 heteroatoms. The van der Waals surface area contributed by atoms with Crippen molar-refractivity contribution in [2.75, 3.05) is 6.54 Å². The average molecular weight is 440 g/mol. The van der Waals surface area contributed by atoms with Crippen molar-refractivity contribution in [3.05, 3.63) is 41.9 Å². The highest BCUT2D eigenvalue weighted by Crippen LogP contribution is 2.39. The van der Waals surface area contributed by atoms with E-state index in [4.69, 9.17) is 4.42 Å². The van der Waals surface area contributed by atoms with Gasteiger partial charge in [-0.3, -0.25) is 14.4 Å². The van der Waals surface area contributed by atoms with E-state index < -0.39 is 11.4 Å². The van der Waals surface area contributed by atoms with Gasteiger partial charge in [0.05, 0.1) is 19.1 Å². The lowest BCUT2D eigenvalue weighted by Crippen LogP contribution is -2.65. The first kappa shape index (κ1) is 20.8. The second kappa shape index (κ2) is 8.11. The van der Waals surface area contributed by atoms with Gasteiger partial charge in [0, 0.05) is 25.0 Å². The van der Waals surface area contributed by atoms with Crippen molar-refractivity contribution < 1.29 is 18.8 Å². The van der Waals surface area contributed by atoms with Gasteiger partial charge >= 0.3 is 0 Å². The number of furan rings is 1. The normalized spacial score (nSPS) is 23.3. The second-order valence-electron chi connectivity index (χ2n) is 9.29. The van der Waals surface area contributed by atoms with Gasteiger partial charge in [-0.05, 0) is 44.7 Å². The first-order valence-corrected chi connectivity index (χ1v) is 11.5. The van der Waals surface area contributed by atoms with Gasteiger partial charge in [-0.25, -0.2) is 4.98 Å². The van der Waals surface area contributed by atoms with Gasteiger partial charge in [-0.15, -0.1) is 0 Å². The molecule has 1 aliphatic heterocycles. The van der Waals surface area contributed by atoms with Crippen molar-refractivity contribution in [2.24, 2.45) is 0 Å². The lowest BCUT2D eigenvalue weighted by molar-refractivity contribution is -0.134. The van der Waals surface area contributed by atoms with Crippen molar-refractivity contribution in [1.82, 2.24) is 25.1 Å². The highest BCUT2D eigenvalue weighted by Gasteiger charge is 2.54. The molecule has 0 spiro atoms. The Labute approximate surface area is 186 Å². The van der Waals surface area contributed by atoms with Crippen LogP contribution < -0.4 is 10.6 Å². The average Bonchev–Trinajstić information content (AvgIpc) is 3.16. The molecule has 5 rings (SSSR count). The largest absolute Gasteiger partial charge is 0.469 e. The van der Waals surface area contributed by atoms with E-state index in [0.29, 0.717) is 13.0 Å². The van der Waals surface area contributed by atoms with Crippen LogP contribution in [0.3, 0.4) is 0 Å². The van der Waals surface area contributed by atoms with E-state index in [1.807, 2.05) is 13.0 Å². The van der Waals surface area contributed by atoms with E-state index in [1.54, 1.807) is 21.8 Å². The molecule has 2 fully saturated rings.